The van der Waals surface area contributed by atoms with Crippen molar-refractivity contribution < 1.29 is 19.1 Å². The van der Waals surface area contributed by atoms with Gasteiger partial charge < -0.3 is 4.74 Å². The standard InChI is InChI=1S/C36H40N4O4/c1-36(2,3)44-35(43)40-23-27-13-5-4-12-26(27)22-28(40)24-38(31-18-10-14-25-15-11-19-37-32(25)31)20-8-9-21-39-33(41)29-16-6-7-17-30(29)34(39)42/h4-9,11-13,15-17,19,28,31H,10,14,18,20-24H2,1-3H3/b9-8+/t28-,31+/m1/s1. The van der Waals surface area contributed by atoms with Gasteiger partial charge in [-0.25, -0.2) is 4.79 Å². The van der Waals surface area contributed by atoms with Crippen molar-refractivity contribution in [2.75, 3.05) is 19.6 Å². The van der Waals surface area contributed by atoms with Gasteiger partial charge in [0.1, 0.15) is 5.60 Å². The molecule has 1 aromatic heterocycles. The van der Waals surface area contributed by atoms with Gasteiger partial charge in [-0.15, -0.1) is 0 Å². The van der Waals surface area contributed by atoms with Crippen LogP contribution in [0.4, 0.5) is 4.79 Å². The third kappa shape index (κ3) is 6.17. The number of nitrogens with zero attached hydrogens (tertiary/aromatic N) is 4. The van der Waals surface area contributed by atoms with Crippen molar-refractivity contribution in [3.05, 3.63) is 113 Å². The molecule has 2 aromatic carbocycles. The van der Waals surface area contributed by atoms with Crippen LogP contribution >= 0.6 is 0 Å². The molecule has 2 atom stereocenters. The molecule has 0 N–H and O–H groups in total. The molecule has 228 valence electrons. The third-order valence-electron chi connectivity index (χ3n) is 8.71. The van der Waals surface area contributed by atoms with Crippen LogP contribution in [-0.2, 0) is 24.1 Å². The minimum atomic E-state index is -0.600. The molecule has 1 aliphatic carbocycles. The first kappa shape index (κ1) is 29.8. The lowest BCUT2D eigenvalue weighted by Gasteiger charge is -2.42. The molecule has 3 aromatic rings. The molecular weight excluding hydrogens is 552 g/mol. The quantitative estimate of drug-likeness (QED) is 0.248. The van der Waals surface area contributed by atoms with E-state index in [0.717, 1.165) is 36.9 Å². The molecule has 2 aliphatic heterocycles. The number of aromatic nitrogens is 1. The Hall–Kier alpha value is -4.30. The Labute approximate surface area is 259 Å². The molecule has 3 aliphatic rings. The summed E-state index contributed by atoms with van der Waals surface area (Å²) in [6.45, 7) is 7.62. The average Bonchev–Trinajstić information content (AvgIpc) is 3.25. The molecule has 6 rings (SSSR count). The van der Waals surface area contributed by atoms with Crippen molar-refractivity contribution in [2.45, 2.75) is 70.7 Å². The highest BCUT2D eigenvalue weighted by Crippen LogP contribution is 2.35. The number of aryl methyl sites for hydroxylation is 1. The Bertz CT molecular complexity index is 1560. The van der Waals surface area contributed by atoms with E-state index in [1.807, 2.05) is 56.2 Å². The van der Waals surface area contributed by atoms with Gasteiger partial charge in [0.25, 0.3) is 11.8 Å². The second-order valence-corrected chi connectivity index (χ2v) is 12.9. The number of hydrogen-bond donors (Lipinski definition) is 0. The van der Waals surface area contributed by atoms with Crippen LogP contribution in [0.25, 0.3) is 0 Å². The van der Waals surface area contributed by atoms with Crippen LogP contribution in [0, 0.1) is 0 Å². The summed E-state index contributed by atoms with van der Waals surface area (Å²) in [5, 5.41) is 0. The maximum atomic E-state index is 13.5. The van der Waals surface area contributed by atoms with E-state index in [1.165, 1.54) is 16.0 Å². The van der Waals surface area contributed by atoms with E-state index in [0.29, 0.717) is 30.8 Å². The second-order valence-electron chi connectivity index (χ2n) is 12.9. The van der Waals surface area contributed by atoms with Crippen LogP contribution in [-0.4, -0.2) is 68.9 Å². The Kier molecular flexibility index (Phi) is 8.36. The highest BCUT2D eigenvalue weighted by Gasteiger charge is 2.37. The van der Waals surface area contributed by atoms with Gasteiger partial charge >= 0.3 is 6.09 Å². The summed E-state index contributed by atoms with van der Waals surface area (Å²) in [7, 11) is 0. The van der Waals surface area contributed by atoms with E-state index in [2.05, 4.69) is 29.2 Å². The van der Waals surface area contributed by atoms with Crippen molar-refractivity contribution >= 4 is 17.9 Å². The van der Waals surface area contributed by atoms with Crippen LogP contribution in [0.2, 0.25) is 0 Å². The Morgan fingerprint density at radius 2 is 1.64 bits per heavy atom. The zero-order chi connectivity index (χ0) is 30.8. The molecule has 0 saturated heterocycles. The normalized spacial score (nSPS) is 19.7. The van der Waals surface area contributed by atoms with E-state index in [-0.39, 0.29) is 36.5 Å². The van der Waals surface area contributed by atoms with E-state index in [4.69, 9.17) is 9.72 Å². The van der Waals surface area contributed by atoms with Crippen molar-refractivity contribution in [1.29, 1.82) is 0 Å². The first-order valence-corrected chi connectivity index (χ1v) is 15.5. The monoisotopic (exact) mass is 592 g/mol. The molecular formula is C36H40N4O4. The maximum absolute atomic E-state index is 13.5. The van der Waals surface area contributed by atoms with Crippen LogP contribution in [0.15, 0.2) is 79.0 Å². The fraction of sp³-hybridized carbons (Fsp3) is 0.389. The number of carbonyl (C=O) groups is 3. The SMILES string of the molecule is CC(C)(C)OC(=O)N1Cc2ccccc2C[C@@H]1CN(C/C=C/CN1C(=O)c2ccccc2C1=O)[C@H]1CCCc2cccnc21. The molecule has 8 heteroatoms. The summed E-state index contributed by atoms with van der Waals surface area (Å²) in [6.07, 6.45) is 9.25. The van der Waals surface area contributed by atoms with Gasteiger partial charge in [0, 0.05) is 32.4 Å². The molecule has 0 fully saturated rings. The maximum Gasteiger partial charge on any atom is 0.410 e. The highest BCUT2D eigenvalue weighted by molar-refractivity contribution is 6.21. The number of benzene rings is 2. The van der Waals surface area contributed by atoms with E-state index in [9.17, 15) is 14.4 Å². The summed E-state index contributed by atoms with van der Waals surface area (Å²) in [6, 6.07) is 19.4. The first-order chi connectivity index (χ1) is 21.2. The zero-order valence-electron chi connectivity index (χ0n) is 25.7. The van der Waals surface area contributed by atoms with Gasteiger partial charge in [0.2, 0.25) is 0 Å². The van der Waals surface area contributed by atoms with Crippen molar-refractivity contribution in [3.63, 3.8) is 0 Å². The predicted molar refractivity (Wildman–Crippen MR) is 168 cm³/mol. The van der Waals surface area contributed by atoms with Crippen LogP contribution < -0.4 is 0 Å². The largest absolute Gasteiger partial charge is 0.444 e. The zero-order valence-corrected chi connectivity index (χ0v) is 25.7. The Morgan fingerprint density at radius 3 is 2.36 bits per heavy atom. The minimum absolute atomic E-state index is 0.0848. The molecule has 44 heavy (non-hydrogen) atoms. The number of amides is 3. The number of ether oxygens (including phenoxy) is 1. The third-order valence-corrected chi connectivity index (χ3v) is 8.71. The molecule has 0 bridgehead atoms. The lowest BCUT2D eigenvalue weighted by Crippen LogP contribution is -2.52. The molecule has 0 radical (unpaired) electrons. The van der Waals surface area contributed by atoms with Gasteiger partial charge in [0.15, 0.2) is 0 Å². The Morgan fingerprint density at radius 1 is 0.955 bits per heavy atom. The number of fused-ring (bicyclic) bond motifs is 3. The number of pyridine rings is 1. The fourth-order valence-electron chi connectivity index (χ4n) is 6.62. The van der Waals surface area contributed by atoms with Crippen LogP contribution in [0.3, 0.4) is 0 Å². The van der Waals surface area contributed by atoms with Gasteiger partial charge in [-0.2, -0.15) is 0 Å². The smallest absolute Gasteiger partial charge is 0.410 e. The molecule has 0 saturated carbocycles. The molecule has 3 amide bonds. The van der Waals surface area contributed by atoms with E-state index >= 15 is 0 Å². The second kappa shape index (κ2) is 12.4. The lowest BCUT2D eigenvalue weighted by molar-refractivity contribution is 0.00546. The molecule has 0 spiro atoms. The summed E-state index contributed by atoms with van der Waals surface area (Å²) in [5.41, 5.74) is 5.06. The molecule has 0 unspecified atom stereocenters. The number of rotatable bonds is 7. The predicted octanol–water partition coefficient (Wildman–Crippen LogP) is 5.98. The van der Waals surface area contributed by atoms with Gasteiger partial charge in [-0.05, 0) is 81.3 Å². The number of hydrogen-bond acceptors (Lipinski definition) is 6. The van der Waals surface area contributed by atoms with E-state index < -0.39 is 5.60 Å². The first-order valence-electron chi connectivity index (χ1n) is 15.5. The van der Waals surface area contributed by atoms with Crippen molar-refractivity contribution in [1.82, 2.24) is 19.7 Å². The molecule has 3 heterocycles. The minimum Gasteiger partial charge on any atom is -0.444 e. The fourth-order valence-corrected chi connectivity index (χ4v) is 6.62. The van der Waals surface area contributed by atoms with Gasteiger partial charge in [-0.3, -0.25) is 29.3 Å². The van der Waals surface area contributed by atoms with Gasteiger partial charge in [-0.1, -0.05) is 54.6 Å². The lowest BCUT2D eigenvalue weighted by atomic mass is 9.89. The number of imide groups is 1. The number of carbonyl (C=O) groups excluding carboxylic acids is 3. The highest BCUT2D eigenvalue weighted by atomic mass is 16.6. The van der Waals surface area contributed by atoms with Crippen LogP contribution in [0.5, 0.6) is 0 Å². The van der Waals surface area contributed by atoms with Crippen LogP contribution in [0.1, 0.15) is 82.8 Å². The summed E-state index contributed by atoms with van der Waals surface area (Å²) in [4.78, 5) is 49.7. The summed E-state index contributed by atoms with van der Waals surface area (Å²) >= 11 is 0. The summed E-state index contributed by atoms with van der Waals surface area (Å²) in [5.74, 6) is -0.516. The van der Waals surface area contributed by atoms with Crippen molar-refractivity contribution in [3.8, 4) is 0 Å². The van der Waals surface area contributed by atoms with Crippen molar-refractivity contribution in [2.24, 2.45) is 0 Å². The topological polar surface area (TPSA) is 83.0 Å². The Balaban J connectivity index is 1.25. The average molecular weight is 593 g/mol. The van der Waals surface area contributed by atoms with E-state index in [1.54, 1.807) is 24.3 Å². The summed E-state index contributed by atoms with van der Waals surface area (Å²) < 4.78 is 5.88. The van der Waals surface area contributed by atoms with Gasteiger partial charge in [0.05, 0.1) is 28.9 Å². The molecule has 8 nitrogen and oxygen atoms in total.